The Balaban J connectivity index is 1.74. The minimum atomic E-state index is 0.646. The van der Waals surface area contributed by atoms with E-state index in [1.54, 1.807) is 18.0 Å². The molecule has 1 aromatic carbocycles. The number of H-pyrrole nitrogens is 1. The van der Waals surface area contributed by atoms with E-state index in [9.17, 15) is 0 Å². The monoisotopic (exact) mass is 290 g/mol. The predicted octanol–water partition coefficient (Wildman–Crippen LogP) is 2.86. The van der Waals surface area contributed by atoms with E-state index in [4.69, 9.17) is 12.2 Å². The number of hydrogen-bond acceptors (Lipinski definition) is 4. The van der Waals surface area contributed by atoms with Crippen molar-refractivity contribution in [2.75, 3.05) is 0 Å². The van der Waals surface area contributed by atoms with Crippen LogP contribution in [0.1, 0.15) is 17.0 Å². The first kappa shape index (κ1) is 13.8. The molecule has 4 nitrogen and oxygen atoms in total. The Hall–Kier alpha value is -1.66. The summed E-state index contributed by atoms with van der Waals surface area (Å²) in [6.07, 6.45) is 1.64. The topological polar surface area (TPSA) is 53.1 Å². The van der Waals surface area contributed by atoms with E-state index in [0.29, 0.717) is 4.32 Å². The van der Waals surface area contributed by atoms with Crippen molar-refractivity contribution >= 4 is 34.5 Å². The van der Waals surface area contributed by atoms with Crippen LogP contribution in [0.15, 0.2) is 41.5 Å². The maximum atomic E-state index is 5.18. The smallest absolute Gasteiger partial charge is 0.154 e. The largest absolute Gasteiger partial charge is 0.282 e. The molecule has 0 atom stereocenters. The van der Waals surface area contributed by atoms with Gasteiger partial charge in [0.2, 0.25) is 0 Å². The number of thiocarbonyl (C=S) groups is 1. The van der Waals surface area contributed by atoms with Crippen molar-refractivity contribution in [3.05, 3.63) is 53.3 Å². The molecule has 0 amide bonds. The van der Waals surface area contributed by atoms with Crippen molar-refractivity contribution in [3.8, 4) is 0 Å². The van der Waals surface area contributed by atoms with Gasteiger partial charge in [0.15, 0.2) is 4.32 Å². The van der Waals surface area contributed by atoms with Crippen molar-refractivity contribution in [2.45, 2.75) is 12.7 Å². The molecule has 2 rings (SSSR count). The van der Waals surface area contributed by atoms with Crippen molar-refractivity contribution in [1.29, 1.82) is 0 Å². The van der Waals surface area contributed by atoms with Gasteiger partial charge >= 0.3 is 0 Å². The third-order valence-electron chi connectivity index (χ3n) is 2.29. The second-order valence-corrected chi connectivity index (χ2v) is 5.56. The highest BCUT2D eigenvalue weighted by molar-refractivity contribution is 8.22. The number of nitrogens with zero attached hydrogens (tertiary/aromatic N) is 2. The molecule has 0 unspecified atom stereocenters. The molecule has 1 aromatic heterocycles. The quantitative estimate of drug-likeness (QED) is 0.516. The molecule has 0 fully saturated rings. The number of hydrazone groups is 1. The minimum absolute atomic E-state index is 0.646. The van der Waals surface area contributed by atoms with Crippen LogP contribution in [0.4, 0.5) is 0 Å². The maximum absolute atomic E-state index is 5.18. The van der Waals surface area contributed by atoms with Gasteiger partial charge < -0.3 is 0 Å². The lowest BCUT2D eigenvalue weighted by molar-refractivity contribution is 1.03. The van der Waals surface area contributed by atoms with E-state index in [1.807, 2.05) is 31.2 Å². The van der Waals surface area contributed by atoms with Gasteiger partial charge in [-0.25, -0.2) is 0 Å². The number of benzene rings is 1. The average molecular weight is 290 g/mol. The van der Waals surface area contributed by atoms with Crippen molar-refractivity contribution in [2.24, 2.45) is 5.10 Å². The Labute approximate surface area is 121 Å². The standard InChI is InChI=1S/C13H14N4S2/c1-10-7-12(16-15-10)8-14-17-13(18)19-9-11-5-3-2-4-6-11/h2-8H,9H2,1H3,(H,15,16)(H,17,18). The van der Waals surface area contributed by atoms with Crippen LogP contribution in [-0.2, 0) is 5.75 Å². The summed E-state index contributed by atoms with van der Waals surface area (Å²) in [6.45, 7) is 1.94. The number of nitrogens with one attached hydrogen (secondary N) is 2. The van der Waals surface area contributed by atoms with Crippen molar-refractivity contribution < 1.29 is 0 Å². The molecule has 0 saturated carbocycles. The van der Waals surface area contributed by atoms with Gasteiger partial charge in [-0.3, -0.25) is 10.5 Å². The first-order chi connectivity index (χ1) is 9.24. The number of thioether (sulfide) groups is 1. The third-order valence-corrected chi connectivity index (χ3v) is 3.57. The summed E-state index contributed by atoms with van der Waals surface area (Å²) in [7, 11) is 0. The highest BCUT2D eigenvalue weighted by Gasteiger charge is 1.97. The third kappa shape index (κ3) is 4.84. The molecule has 0 spiro atoms. The molecule has 0 aliphatic heterocycles. The van der Waals surface area contributed by atoms with Gasteiger partial charge in [-0.1, -0.05) is 54.3 Å². The molecule has 98 valence electrons. The van der Waals surface area contributed by atoms with Gasteiger partial charge in [-0.2, -0.15) is 10.2 Å². The van der Waals surface area contributed by atoms with Gasteiger partial charge in [0.25, 0.3) is 0 Å². The molecule has 0 saturated heterocycles. The lowest BCUT2D eigenvalue weighted by Gasteiger charge is -2.02. The lowest BCUT2D eigenvalue weighted by Crippen LogP contribution is -2.11. The Morgan fingerprint density at radius 2 is 2.26 bits per heavy atom. The molecule has 19 heavy (non-hydrogen) atoms. The zero-order chi connectivity index (χ0) is 13.5. The summed E-state index contributed by atoms with van der Waals surface area (Å²) in [4.78, 5) is 0. The molecular weight excluding hydrogens is 276 g/mol. The minimum Gasteiger partial charge on any atom is -0.282 e. The van der Waals surface area contributed by atoms with Crippen LogP contribution in [0.2, 0.25) is 0 Å². The van der Waals surface area contributed by atoms with Crippen LogP contribution in [-0.4, -0.2) is 20.7 Å². The highest BCUT2D eigenvalue weighted by atomic mass is 32.2. The summed E-state index contributed by atoms with van der Waals surface area (Å²) in [5.41, 5.74) is 5.84. The predicted molar refractivity (Wildman–Crippen MR) is 84.4 cm³/mol. The van der Waals surface area contributed by atoms with Crippen LogP contribution >= 0.6 is 24.0 Å². The Kier molecular flexibility index (Phi) is 5.11. The van der Waals surface area contributed by atoms with E-state index < -0.39 is 0 Å². The van der Waals surface area contributed by atoms with E-state index in [2.05, 4.69) is 32.9 Å². The molecule has 1 heterocycles. The average Bonchev–Trinajstić information content (AvgIpc) is 2.83. The zero-order valence-electron chi connectivity index (χ0n) is 10.5. The van der Waals surface area contributed by atoms with Crippen LogP contribution in [0, 0.1) is 6.92 Å². The summed E-state index contributed by atoms with van der Waals surface area (Å²) in [5, 5.41) is 10.9. The van der Waals surface area contributed by atoms with Gasteiger partial charge in [0.05, 0.1) is 6.21 Å². The fourth-order valence-electron chi connectivity index (χ4n) is 1.41. The number of aromatic nitrogens is 2. The van der Waals surface area contributed by atoms with Crippen molar-refractivity contribution in [3.63, 3.8) is 0 Å². The van der Waals surface area contributed by atoms with Crippen molar-refractivity contribution in [1.82, 2.24) is 15.6 Å². The molecule has 0 radical (unpaired) electrons. The summed E-state index contributed by atoms with van der Waals surface area (Å²) >= 11 is 6.73. The van der Waals surface area contributed by atoms with Gasteiger partial charge in [0.1, 0.15) is 5.69 Å². The van der Waals surface area contributed by atoms with Crippen LogP contribution in [0.25, 0.3) is 0 Å². The number of aryl methyl sites for hydroxylation is 1. The Morgan fingerprint density at radius 3 is 2.95 bits per heavy atom. The normalized spacial score (nSPS) is 10.8. The zero-order valence-corrected chi connectivity index (χ0v) is 12.1. The molecule has 2 aromatic rings. The first-order valence-corrected chi connectivity index (χ1v) is 7.15. The number of aromatic amines is 1. The molecule has 6 heteroatoms. The highest BCUT2D eigenvalue weighted by Crippen LogP contribution is 2.12. The molecule has 2 N–H and O–H groups in total. The SMILES string of the molecule is Cc1cc(C=NNC(=S)SCc2ccccc2)n[nH]1. The first-order valence-electron chi connectivity index (χ1n) is 5.76. The summed E-state index contributed by atoms with van der Waals surface area (Å²) in [6, 6.07) is 12.1. The van der Waals surface area contributed by atoms with Gasteiger partial charge in [-0.15, -0.1) is 0 Å². The van der Waals surface area contributed by atoms with E-state index in [1.165, 1.54) is 5.56 Å². The molecular formula is C13H14N4S2. The summed E-state index contributed by atoms with van der Waals surface area (Å²) < 4.78 is 0.646. The number of hydrogen-bond donors (Lipinski definition) is 2. The summed E-state index contributed by atoms with van der Waals surface area (Å²) in [5.74, 6) is 0.837. The lowest BCUT2D eigenvalue weighted by atomic mass is 10.2. The van der Waals surface area contributed by atoms with Crippen LogP contribution in [0.5, 0.6) is 0 Å². The fourth-order valence-corrected chi connectivity index (χ4v) is 2.25. The van der Waals surface area contributed by atoms with E-state index in [-0.39, 0.29) is 0 Å². The molecule has 0 aliphatic carbocycles. The Bertz CT molecular complexity index is 563. The second kappa shape index (κ2) is 7.06. The van der Waals surface area contributed by atoms with Crippen LogP contribution in [0.3, 0.4) is 0 Å². The Morgan fingerprint density at radius 1 is 1.47 bits per heavy atom. The van der Waals surface area contributed by atoms with Gasteiger partial charge in [-0.05, 0) is 18.6 Å². The fraction of sp³-hybridized carbons (Fsp3) is 0.154. The van der Waals surface area contributed by atoms with Gasteiger partial charge in [0, 0.05) is 11.4 Å². The second-order valence-electron chi connectivity index (χ2n) is 3.91. The molecule has 0 bridgehead atoms. The van der Waals surface area contributed by atoms with E-state index in [0.717, 1.165) is 17.1 Å². The maximum Gasteiger partial charge on any atom is 0.154 e. The number of rotatable bonds is 4. The molecule has 0 aliphatic rings. The van der Waals surface area contributed by atoms with E-state index >= 15 is 0 Å². The van der Waals surface area contributed by atoms with Crippen LogP contribution < -0.4 is 5.43 Å².